The fourth-order valence-corrected chi connectivity index (χ4v) is 2.86. The van der Waals surface area contributed by atoms with Crippen LogP contribution in [-0.2, 0) is 0 Å². The van der Waals surface area contributed by atoms with E-state index in [0.717, 1.165) is 18.5 Å². The second-order valence-electron chi connectivity index (χ2n) is 6.39. The molecule has 0 radical (unpaired) electrons. The molecule has 1 saturated carbocycles. The van der Waals surface area contributed by atoms with Crippen molar-refractivity contribution in [2.45, 2.75) is 18.9 Å². The highest BCUT2D eigenvalue weighted by Gasteiger charge is 2.25. The molecule has 27 heavy (non-hydrogen) atoms. The molecule has 1 heterocycles. The van der Waals surface area contributed by atoms with Gasteiger partial charge in [0.15, 0.2) is 0 Å². The van der Waals surface area contributed by atoms with Crippen LogP contribution in [0.1, 0.15) is 33.6 Å². The van der Waals surface area contributed by atoms with Gasteiger partial charge < -0.3 is 10.6 Å². The minimum atomic E-state index is -0.266. The van der Waals surface area contributed by atoms with E-state index in [1.54, 1.807) is 41.2 Å². The highest BCUT2D eigenvalue weighted by Crippen LogP contribution is 2.24. The molecule has 0 spiro atoms. The summed E-state index contributed by atoms with van der Waals surface area (Å²) in [5.74, 6) is -0.486. The first kappa shape index (κ1) is 17.3. The Morgan fingerprint density at radius 1 is 1.07 bits per heavy atom. The summed E-state index contributed by atoms with van der Waals surface area (Å²) in [6.45, 7) is 0. The Morgan fingerprint density at radius 3 is 2.52 bits per heavy atom. The van der Waals surface area contributed by atoms with Crippen molar-refractivity contribution in [3.63, 3.8) is 0 Å². The maximum Gasteiger partial charge on any atom is 0.255 e. The quantitative estimate of drug-likeness (QED) is 0.709. The van der Waals surface area contributed by atoms with Crippen molar-refractivity contribution < 1.29 is 9.59 Å². The van der Waals surface area contributed by atoms with E-state index in [1.807, 2.05) is 24.4 Å². The summed E-state index contributed by atoms with van der Waals surface area (Å²) < 4.78 is 1.71. The summed E-state index contributed by atoms with van der Waals surface area (Å²) in [4.78, 5) is 24.8. The van der Waals surface area contributed by atoms with Gasteiger partial charge in [-0.05, 0) is 61.4 Å². The fourth-order valence-electron chi connectivity index (χ4n) is 2.66. The minimum Gasteiger partial charge on any atom is -0.349 e. The molecule has 1 fully saturated rings. The van der Waals surface area contributed by atoms with E-state index in [2.05, 4.69) is 15.7 Å². The second-order valence-corrected chi connectivity index (χ2v) is 6.80. The maximum atomic E-state index is 12.5. The number of nitrogens with zero attached hydrogens (tertiary/aromatic N) is 2. The number of rotatable bonds is 5. The van der Waals surface area contributed by atoms with Gasteiger partial charge in [0.1, 0.15) is 0 Å². The highest BCUT2D eigenvalue weighted by atomic mass is 35.5. The number of carbonyl (C=O) groups excluding carboxylic acids is 2. The monoisotopic (exact) mass is 380 g/mol. The molecular weight excluding hydrogens is 364 g/mol. The van der Waals surface area contributed by atoms with Gasteiger partial charge in [0.05, 0.1) is 16.3 Å². The molecule has 2 N–H and O–H groups in total. The third-order valence-electron chi connectivity index (χ3n) is 4.28. The average molecular weight is 381 g/mol. The molecule has 1 aromatic heterocycles. The van der Waals surface area contributed by atoms with Crippen LogP contribution in [0.25, 0.3) is 5.69 Å². The Balaban J connectivity index is 1.48. The van der Waals surface area contributed by atoms with Crippen molar-refractivity contribution in [1.29, 1.82) is 0 Å². The van der Waals surface area contributed by atoms with E-state index in [4.69, 9.17) is 11.6 Å². The van der Waals surface area contributed by atoms with Gasteiger partial charge in [-0.3, -0.25) is 9.59 Å². The molecule has 2 amide bonds. The molecule has 1 aliphatic carbocycles. The van der Waals surface area contributed by atoms with Gasteiger partial charge in [-0.25, -0.2) is 4.68 Å². The van der Waals surface area contributed by atoms with E-state index in [9.17, 15) is 9.59 Å². The Morgan fingerprint density at radius 2 is 1.85 bits per heavy atom. The molecule has 136 valence electrons. The molecule has 0 atom stereocenters. The number of aromatic nitrogens is 2. The first-order chi connectivity index (χ1) is 13.1. The predicted molar refractivity (Wildman–Crippen MR) is 103 cm³/mol. The van der Waals surface area contributed by atoms with Crippen molar-refractivity contribution in [3.8, 4) is 5.69 Å². The zero-order valence-corrected chi connectivity index (χ0v) is 15.1. The van der Waals surface area contributed by atoms with Crippen LogP contribution in [0, 0.1) is 0 Å². The van der Waals surface area contributed by atoms with Crippen LogP contribution in [0.5, 0.6) is 0 Å². The number of hydrogen-bond donors (Lipinski definition) is 2. The van der Waals surface area contributed by atoms with Crippen molar-refractivity contribution in [1.82, 2.24) is 15.1 Å². The predicted octanol–water partition coefficient (Wildman–Crippen LogP) is 3.67. The second kappa shape index (κ2) is 7.25. The number of carbonyl (C=O) groups is 2. The summed E-state index contributed by atoms with van der Waals surface area (Å²) >= 11 is 6.13. The Kier molecular flexibility index (Phi) is 4.64. The molecular formula is C20H17ClN4O2. The lowest BCUT2D eigenvalue weighted by atomic mass is 10.1. The summed E-state index contributed by atoms with van der Waals surface area (Å²) in [5.41, 5.74) is 2.24. The number of halogens is 1. The van der Waals surface area contributed by atoms with Crippen molar-refractivity contribution in [2.75, 3.05) is 5.32 Å². The van der Waals surface area contributed by atoms with Crippen molar-refractivity contribution in [2.24, 2.45) is 0 Å². The summed E-state index contributed by atoms with van der Waals surface area (Å²) in [5, 5.41) is 10.2. The van der Waals surface area contributed by atoms with Gasteiger partial charge in [0.2, 0.25) is 0 Å². The Hall–Kier alpha value is -3.12. The summed E-state index contributed by atoms with van der Waals surface area (Å²) in [7, 11) is 0. The van der Waals surface area contributed by atoms with Crippen LogP contribution < -0.4 is 10.6 Å². The number of anilines is 1. The van der Waals surface area contributed by atoms with Gasteiger partial charge >= 0.3 is 0 Å². The smallest absolute Gasteiger partial charge is 0.255 e. The van der Waals surface area contributed by atoms with Crippen LogP contribution in [0.4, 0.5) is 5.69 Å². The van der Waals surface area contributed by atoms with E-state index in [-0.39, 0.29) is 17.9 Å². The average Bonchev–Trinajstić information content (AvgIpc) is 3.32. The summed E-state index contributed by atoms with van der Waals surface area (Å²) in [6.07, 6.45) is 5.51. The lowest BCUT2D eigenvalue weighted by Crippen LogP contribution is -2.25. The molecule has 7 heteroatoms. The molecule has 4 rings (SSSR count). The Bertz CT molecular complexity index is 980. The van der Waals surface area contributed by atoms with E-state index < -0.39 is 0 Å². The molecule has 0 bridgehead atoms. The van der Waals surface area contributed by atoms with Gasteiger partial charge in [-0.15, -0.1) is 0 Å². The first-order valence-electron chi connectivity index (χ1n) is 8.62. The van der Waals surface area contributed by atoms with Crippen LogP contribution in [-0.4, -0.2) is 27.6 Å². The van der Waals surface area contributed by atoms with Crippen molar-refractivity contribution >= 4 is 29.1 Å². The third-order valence-corrected chi connectivity index (χ3v) is 4.61. The van der Waals surface area contributed by atoms with Gasteiger partial charge in [0, 0.05) is 29.7 Å². The molecule has 0 saturated heterocycles. The fraction of sp³-hybridized carbons (Fsp3) is 0.150. The van der Waals surface area contributed by atoms with Gasteiger partial charge in [-0.1, -0.05) is 11.6 Å². The molecule has 6 nitrogen and oxygen atoms in total. The minimum absolute atomic E-state index is 0.220. The van der Waals surface area contributed by atoms with Crippen LogP contribution in [0.2, 0.25) is 5.02 Å². The molecule has 0 unspecified atom stereocenters. The number of nitrogens with one attached hydrogen (secondary N) is 2. The molecule has 2 aromatic carbocycles. The van der Waals surface area contributed by atoms with E-state index in [1.165, 1.54) is 0 Å². The first-order valence-corrected chi connectivity index (χ1v) is 9.00. The van der Waals surface area contributed by atoms with Crippen LogP contribution in [0.3, 0.4) is 0 Å². The molecule has 3 aromatic rings. The number of amides is 2. The van der Waals surface area contributed by atoms with E-state index in [0.29, 0.717) is 21.8 Å². The maximum absolute atomic E-state index is 12.5. The lowest BCUT2D eigenvalue weighted by molar-refractivity contribution is 0.0949. The number of benzene rings is 2. The van der Waals surface area contributed by atoms with Crippen LogP contribution >= 0.6 is 11.6 Å². The number of hydrogen-bond acceptors (Lipinski definition) is 3. The van der Waals surface area contributed by atoms with E-state index >= 15 is 0 Å². The van der Waals surface area contributed by atoms with Gasteiger partial charge in [0.25, 0.3) is 11.8 Å². The molecule has 1 aliphatic rings. The molecule has 0 aliphatic heterocycles. The standard InChI is InChI=1S/C20H17ClN4O2/c21-18-9-6-15(12-17(18)20(27)23-14-4-5-14)24-19(26)13-2-7-16(8-3-13)25-11-1-10-22-25/h1-3,6-12,14H,4-5H2,(H,23,27)(H,24,26). The summed E-state index contributed by atoms with van der Waals surface area (Å²) in [6, 6.07) is 14.0. The topological polar surface area (TPSA) is 76.0 Å². The normalized spacial score (nSPS) is 13.2. The largest absolute Gasteiger partial charge is 0.349 e. The zero-order valence-electron chi connectivity index (χ0n) is 14.4. The highest BCUT2D eigenvalue weighted by molar-refractivity contribution is 6.34. The zero-order chi connectivity index (χ0) is 18.8. The lowest BCUT2D eigenvalue weighted by Gasteiger charge is -2.10. The van der Waals surface area contributed by atoms with Crippen molar-refractivity contribution in [3.05, 3.63) is 77.1 Å². The van der Waals surface area contributed by atoms with Gasteiger partial charge in [-0.2, -0.15) is 5.10 Å². The SMILES string of the molecule is O=C(Nc1ccc(Cl)c(C(=O)NC2CC2)c1)c1ccc(-n2cccn2)cc1. The third kappa shape index (κ3) is 4.01. The Labute approximate surface area is 161 Å². The van der Waals surface area contributed by atoms with Crippen LogP contribution in [0.15, 0.2) is 60.9 Å².